The summed E-state index contributed by atoms with van der Waals surface area (Å²) in [5, 5.41) is 0. The molecule has 1 saturated heterocycles. The number of sulfonamides is 1. The summed E-state index contributed by atoms with van der Waals surface area (Å²) >= 11 is 0. The predicted molar refractivity (Wildman–Crippen MR) is 104 cm³/mol. The summed E-state index contributed by atoms with van der Waals surface area (Å²) in [5.74, 6) is 0.599. The number of hydrogen-bond acceptors (Lipinski definition) is 6. The summed E-state index contributed by atoms with van der Waals surface area (Å²) < 4.78 is 73.6. The highest BCUT2D eigenvalue weighted by atomic mass is 32.2. The molecule has 7 nitrogen and oxygen atoms in total. The van der Waals surface area contributed by atoms with E-state index in [0.717, 1.165) is 6.20 Å². The topological polar surface area (TPSA) is 72.0 Å². The molecule has 0 spiro atoms. The van der Waals surface area contributed by atoms with Crippen molar-refractivity contribution in [2.75, 3.05) is 25.1 Å². The van der Waals surface area contributed by atoms with Crippen molar-refractivity contribution in [3.05, 3.63) is 42.6 Å². The van der Waals surface area contributed by atoms with Crippen LogP contribution in [0.5, 0.6) is 11.5 Å². The number of anilines is 1. The van der Waals surface area contributed by atoms with E-state index in [0.29, 0.717) is 24.7 Å². The average Bonchev–Trinajstić information content (AvgIpc) is 2.66. The zero-order chi connectivity index (χ0) is 22.1. The first-order chi connectivity index (χ1) is 14.0. The van der Waals surface area contributed by atoms with E-state index in [9.17, 15) is 21.6 Å². The van der Waals surface area contributed by atoms with Gasteiger partial charge in [0.15, 0.2) is 0 Å². The molecule has 0 saturated carbocycles. The fourth-order valence-corrected chi connectivity index (χ4v) is 5.40. The van der Waals surface area contributed by atoms with Gasteiger partial charge in [0, 0.05) is 25.2 Å². The van der Waals surface area contributed by atoms with Gasteiger partial charge >= 0.3 is 6.36 Å². The van der Waals surface area contributed by atoms with Crippen LogP contribution >= 0.6 is 0 Å². The van der Waals surface area contributed by atoms with Crippen LogP contribution in [0.3, 0.4) is 0 Å². The average molecular weight is 445 g/mol. The summed E-state index contributed by atoms with van der Waals surface area (Å²) in [6, 6.07) is 8.03. The van der Waals surface area contributed by atoms with Gasteiger partial charge in [-0.3, -0.25) is 0 Å². The van der Waals surface area contributed by atoms with E-state index >= 15 is 0 Å². The molecule has 0 radical (unpaired) electrons. The van der Waals surface area contributed by atoms with Gasteiger partial charge in [-0.1, -0.05) is 0 Å². The Balaban J connectivity index is 1.76. The van der Waals surface area contributed by atoms with E-state index < -0.39 is 22.1 Å². The number of alkyl halides is 3. The molecule has 2 aromatic rings. The van der Waals surface area contributed by atoms with Gasteiger partial charge in [0.1, 0.15) is 17.3 Å². The smallest absolute Gasteiger partial charge is 0.497 e. The zero-order valence-electron chi connectivity index (χ0n) is 16.6. The molecule has 0 aliphatic carbocycles. The van der Waals surface area contributed by atoms with E-state index in [1.54, 1.807) is 26.0 Å². The van der Waals surface area contributed by atoms with Gasteiger partial charge in [-0.15, -0.1) is 13.2 Å². The van der Waals surface area contributed by atoms with Crippen LogP contribution in [0, 0.1) is 0 Å². The SMILES string of the molecule is COc1ccc(S(=O)(=O)N2C(C)CN(c3ccc(OC(F)(F)F)cn3)CC2C)cc1. The van der Waals surface area contributed by atoms with Gasteiger partial charge in [0.05, 0.1) is 18.2 Å². The third kappa shape index (κ3) is 4.78. The molecule has 1 aliphatic heterocycles. The standard InChI is InChI=1S/C19H22F3N3O4S/c1-13-11-24(18-9-6-16(10-23-18)29-19(20,21)22)12-14(2)25(13)30(26,27)17-7-4-15(28-3)5-8-17/h4-10,13-14H,11-12H2,1-3H3. The van der Waals surface area contributed by atoms with Crippen LogP contribution in [-0.2, 0) is 10.0 Å². The number of rotatable bonds is 5. The Bertz CT molecular complexity index is 954. The minimum absolute atomic E-state index is 0.169. The van der Waals surface area contributed by atoms with Crippen LogP contribution in [0.1, 0.15) is 13.8 Å². The van der Waals surface area contributed by atoms with E-state index in [2.05, 4.69) is 9.72 Å². The molecule has 164 valence electrons. The van der Waals surface area contributed by atoms with Crippen molar-refractivity contribution in [2.24, 2.45) is 0 Å². The first kappa shape index (κ1) is 22.2. The van der Waals surface area contributed by atoms with E-state index in [1.807, 2.05) is 4.90 Å². The van der Waals surface area contributed by atoms with E-state index in [1.165, 1.54) is 35.7 Å². The van der Waals surface area contributed by atoms with Crippen LogP contribution in [0.15, 0.2) is 47.5 Å². The third-order valence-electron chi connectivity index (χ3n) is 4.75. The fourth-order valence-electron chi connectivity index (χ4n) is 3.59. The number of aromatic nitrogens is 1. The van der Waals surface area contributed by atoms with Gasteiger partial charge in [0.25, 0.3) is 0 Å². The van der Waals surface area contributed by atoms with Crippen LogP contribution in [0.25, 0.3) is 0 Å². The van der Waals surface area contributed by atoms with Crippen LogP contribution < -0.4 is 14.4 Å². The van der Waals surface area contributed by atoms with Crippen molar-refractivity contribution >= 4 is 15.8 Å². The number of piperazine rings is 1. The molecule has 11 heteroatoms. The molecule has 1 aliphatic rings. The number of pyridine rings is 1. The summed E-state index contributed by atoms with van der Waals surface area (Å²) in [4.78, 5) is 6.05. The second kappa shape index (κ2) is 8.31. The second-order valence-corrected chi connectivity index (χ2v) is 8.86. The first-order valence-electron chi connectivity index (χ1n) is 9.15. The lowest BCUT2D eigenvalue weighted by Crippen LogP contribution is -2.58. The Morgan fingerprint density at radius 1 is 1.00 bits per heavy atom. The van der Waals surface area contributed by atoms with Crippen molar-refractivity contribution in [1.82, 2.24) is 9.29 Å². The van der Waals surface area contributed by atoms with Crippen LogP contribution in [0.4, 0.5) is 19.0 Å². The van der Waals surface area contributed by atoms with Gasteiger partial charge in [-0.25, -0.2) is 13.4 Å². The lowest BCUT2D eigenvalue weighted by atomic mass is 10.1. The largest absolute Gasteiger partial charge is 0.573 e. The molecule has 2 heterocycles. The Morgan fingerprint density at radius 2 is 1.57 bits per heavy atom. The first-order valence-corrected chi connectivity index (χ1v) is 10.6. The molecule has 0 N–H and O–H groups in total. The summed E-state index contributed by atoms with van der Waals surface area (Å²) in [5.41, 5.74) is 0. The molecule has 2 atom stereocenters. The maximum atomic E-state index is 13.2. The molecule has 30 heavy (non-hydrogen) atoms. The van der Waals surface area contributed by atoms with Gasteiger partial charge in [-0.05, 0) is 50.2 Å². The Labute approximate surface area is 173 Å². The summed E-state index contributed by atoms with van der Waals surface area (Å²) in [7, 11) is -2.23. The summed E-state index contributed by atoms with van der Waals surface area (Å²) in [6.07, 6.45) is -3.79. The number of ether oxygens (including phenoxy) is 2. The quantitative estimate of drug-likeness (QED) is 0.704. The van der Waals surface area contributed by atoms with Crippen molar-refractivity contribution in [1.29, 1.82) is 0 Å². The number of nitrogens with zero attached hydrogens (tertiary/aromatic N) is 3. The molecule has 0 amide bonds. The Kier molecular flexibility index (Phi) is 6.14. The van der Waals surface area contributed by atoms with E-state index in [4.69, 9.17) is 4.74 Å². The molecule has 1 aromatic carbocycles. The maximum Gasteiger partial charge on any atom is 0.573 e. The molecular formula is C19H22F3N3O4S. The highest BCUT2D eigenvalue weighted by Gasteiger charge is 2.39. The van der Waals surface area contributed by atoms with Crippen molar-refractivity contribution in [2.45, 2.75) is 37.2 Å². The van der Waals surface area contributed by atoms with E-state index in [-0.39, 0.29) is 17.0 Å². The maximum absolute atomic E-state index is 13.2. The molecule has 3 rings (SSSR count). The number of methoxy groups -OCH3 is 1. The minimum atomic E-state index is -4.78. The predicted octanol–water partition coefficient (Wildman–Crippen LogP) is 3.28. The van der Waals surface area contributed by atoms with Gasteiger partial charge in [-0.2, -0.15) is 4.31 Å². The lowest BCUT2D eigenvalue weighted by Gasteiger charge is -2.43. The van der Waals surface area contributed by atoms with Crippen molar-refractivity contribution in [3.8, 4) is 11.5 Å². The molecule has 2 unspecified atom stereocenters. The van der Waals surface area contributed by atoms with Gasteiger partial charge in [0.2, 0.25) is 10.0 Å². The Morgan fingerprint density at radius 3 is 2.03 bits per heavy atom. The monoisotopic (exact) mass is 445 g/mol. The highest BCUT2D eigenvalue weighted by Crippen LogP contribution is 2.29. The molecule has 1 aromatic heterocycles. The Hall–Kier alpha value is -2.53. The summed E-state index contributed by atoms with van der Waals surface area (Å²) in [6.45, 7) is 4.24. The van der Waals surface area contributed by atoms with Crippen molar-refractivity contribution < 1.29 is 31.1 Å². The molecular weight excluding hydrogens is 423 g/mol. The second-order valence-electron chi connectivity index (χ2n) is 7.01. The normalized spacial score (nSPS) is 20.8. The van der Waals surface area contributed by atoms with Crippen LogP contribution in [-0.4, -0.2) is 56.4 Å². The number of halogens is 3. The van der Waals surface area contributed by atoms with Gasteiger partial charge < -0.3 is 14.4 Å². The number of hydrogen-bond donors (Lipinski definition) is 0. The number of benzene rings is 1. The molecule has 1 fully saturated rings. The van der Waals surface area contributed by atoms with Crippen LogP contribution in [0.2, 0.25) is 0 Å². The minimum Gasteiger partial charge on any atom is -0.497 e. The third-order valence-corrected chi connectivity index (χ3v) is 6.89. The lowest BCUT2D eigenvalue weighted by molar-refractivity contribution is -0.274. The zero-order valence-corrected chi connectivity index (χ0v) is 17.4. The highest BCUT2D eigenvalue weighted by molar-refractivity contribution is 7.89. The fraction of sp³-hybridized carbons (Fsp3) is 0.421. The van der Waals surface area contributed by atoms with Crippen molar-refractivity contribution in [3.63, 3.8) is 0 Å². The molecule has 0 bridgehead atoms.